The second-order valence-corrected chi connectivity index (χ2v) is 7.94. The van der Waals surface area contributed by atoms with E-state index in [0.29, 0.717) is 11.1 Å². The van der Waals surface area contributed by atoms with Crippen molar-refractivity contribution in [1.29, 1.82) is 0 Å². The van der Waals surface area contributed by atoms with Crippen LogP contribution in [0.3, 0.4) is 0 Å². The van der Waals surface area contributed by atoms with Crippen molar-refractivity contribution in [1.82, 2.24) is 5.32 Å². The summed E-state index contributed by atoms with van der Waals surface area (Å²) < 4.78 is 1.12. The van der Waals surface area contributed by atoms with Crippen LogP contribution < -0.4 is 10.6 Å². The summed E-state index contributed by atoms with van der Waals surface area (Å²) in [5.41, 5.74) is 2.55. The van der Waals surface area contributed by atoms with Gasteiger partial charge in [0.1, 0.15) is 0 Å². The van der Waals surface area contributed by atoms with Gasteiger partial charge >= 0.3 is 0 Å². The average Bonchev–Trinajstić information content (AvgIpc) is 2.48. The van der Waals surface area contributed by atoms with Crippen LogP contribution in [0.4, 0.5) is 5.69 Å². The zero-order valence-corrected chi connectivity index (χ0v) is 16.4. The summed E-state index contributed by atoms with van der Waals surface area (Å²) in [6.07, 6.45) is 0. The molecule has 0 aromatic heterocycles. The van der Waals surface area contributed by atoms with Crippen LogP contribution in [-0.4, -0.2) is 17.4 Å². The number of amides is 2. The Hall–Kier alpha value is -1.89. The molecule has 0 aliphatic rings. The molecule has 2 amide bonds. The van der Waals surface area contributed by atoms with Gasteiger partial charge in [-0.2, -0.15) is 0 Å². The van der Waals surface area contributed by atoms with Crippen LogP contribution in [0.1, 0.15) is 47.1 Å². The first-order valence-corrected chi connectivity index (χ1v) is 8.74. The van der Waals surface area contributed by atoms with E-state index in [9.17, 15) is 9.59 Å². The zero-order valence-electron chi connectivity index (χ0n) is 14.2. The van der Waals surface area contributed by atoms with Gasteiger partial charge in [-0.05, 0) is 98.3 Å². The van der Waals surface area contributed by atoms with Crippen molar-refractivity contribution in [2.45, 2.75) is 33.2 Å². The van der Waals surface area contributed by atoms with E-state index in [4.69, 9.17) is 0 Å². The predicted molar refractivity (Wildman–Crippen MR) is 106 cm³/mol. The van der Waals surface area contributed by atoms with Gasteiger partial charge in [0.05, 0.1) is 0 Å². The summed E-state index contributed by atoms with van der Waals surface area (Å²) in [4.78, 5) is 24.4. The van der Waals surface area contributed by atoms with Crippen LogP contribution in [0, 0.1) is 10.5 Å². The van der Waals surface area contributed by atoms with E-state index in [1.54, 1.807) is 24.3 Å². The third-order valence-corrected chi connectivity index (χ3v) is 4.01. The second-order valence-electron chi connectivity index (χ2n) is 6.69. The molecule has 0 saturated carbocycles. The van der Waals surface area contributed by atoms with Crippen molar-refractivity contribution in [3.05, 3.63) is 62.7 Å². The van der Waals surface area contributed by atoms with Crippen LogP contribution in [0.15, 0.2) is 42.5 Å². The topological polar surface area (TPSA) is 58.2 Å². The molecule has 0 unspecified atom stereocenters. The van der Waals surface area contributed by atoms with Gasteiger partial charge in [-0.3, -0.25) is 9.59 Å². The minimum absolute atomic E-state index is 0.150. The molecule has 5 heteroatoms. The molecule has 0 aliphatic heterocycles. The SMILES string of the molecule is Cc1cc(I)ccc1NC(=O)c1ccc(C(=O)NC(C)(C)C)cc1. The van der Waals surface area contributed by atoms with Gasteiger partial charge in [0, 0.05) is 25.9 Å². The summed E-state index contributed by atoms with van der Waals surface area (Å²) in [6.45, 7) is 7.74. The first-order chi connectivity index (χ1) is 11.2. The molecule has 0 fully saturated rings. The Morgan fingerprint density at radius 2 is 1.46 bits per heavy atom. The lowest BCUT2D eigenvalue weighted by atomic mass is 10.1. The third kappa shape index (κ3) is 5.06. The molecular formula is C19H21IN2O2. The second kappa shape index (κ2) is 7.34. The van der Waals surface area contributed by atoms with Gasteiger partial charge in [-0.15, -0.1) is 0 Å². The Bertz CT molecular complexity index is 762. The highest BCUT2D eigenvalue weighted by Gasteiger charge is 2.16. The number of hydrogen-bond acceptors (Lipinski definition) is 2. The highest BCUT2D eigenvalue weighted by Crippen LogP contribution is 2.18. The lowest BCUT2D eigenvalue weighted by Crippen LogP contribution is -2.40. The van der Waals surface area contributed by atoms with Crippen LogP contribution in [0.5, 0.6) is 0 Å². The molecule has 0 heterocycles. The number of anilines is 1. The third-order valence-electron chi connectivity index (χ3n) is 3.33. The van der Waals surface area contributed by atoms with Crippen molar-refractivity contribution in [2.24, 2.45) is 0 Å². The first kappa shape index (κ1) is 18.4. The maximum absolute atomic E-state index is 12.3. The molecule has 0 radical (unpaired) electrons. The maximum atomic E-state index is 12.3. The number of aryl methyl sites for hydroxylation is 1. The van der Waals surface area contributed by atoms with E-state index in [-0.39, 0.29) is 17.4 Å². The van der Waals surface area contributed by atoms with E-state index in [1.807, 2.05) is 45.9 Å². The van der Waals surface area contributed by atoms with Gasteiger partial charge in [-0.1, -0.05) is 0 Å². The molecule has 126 valence electrons. The highest BCUT2D eigenvalue weighted by molar-refractivity contribution is 14.1. The maximum Gasteiger partial charge on any atom is 0.255 e. The molecule has 2 rings (SSSR count). The number of nitrogens with one attached hydrogen (secondary N) is 2. The first-order valence-electron chi connectivity index (χ1n) is 7.66. The van der Waals surface area contributed by atoms with E-state index >= 15 is 0 Å². The molecule has 0 atom stereocenters. The Labute approximate surface area is 156 Å². The van der Waals surface area contributed by atoms with Gasteiger partial charge in [0.25, 0.3) is 11.8 Å². The molecular weight excluding hydrogens is 415 g/mol. The molecule has 24 heavy (non-hydrogen) atoms. The fourth-order valence-corrected chi connectivity index (χ4v) is 2.79. The van der Waals surface area contributed by atoms with Crippen molar-refractivity contribution in [3.63, 3.8) is 0 Å². The van der Waals surface area contributed by atoms with Crippen molar-refractivity contribution in [3.8, 4) is 0 Å². The minimum atomic E-state index is -0.296. The van der Waals surface area contributed by atoms with Crippen molar-refractivity contribution < 1.29 is 9.59 Å². The Morgan fingerprint density at radius 1 is 0.917 bits per heavy atom. The number of carbonyl (C=O) groups is 2. The summed E-state index contributed by atoms with van der Waals surface area (Å²) in [6, 6.07) is 12.5. The van der Waals surface area contributed by atoms with Crippen molar-refractivity contribution in [2.75, 3.05) is 5.32 Å². The van der Waals surface area contributed by atoms with Gasteiger partial charge in [-0.25, -0.2) is 0 Å². The number of hydrogen-bond donors (Lipinski definition) is 2. The summed E-state index contributed by atoms with van der Waals surface area (Å²) in [7, 11) is 0. The Kier molecular flexibility index (Phi) is 5.64. The zero-order chi connectivity index (χ0) is 17.9. The van der Waals surface area contributed by atoms with Gasteiger partial charge in [0.15, 0.2) is 0 Å². The van der Waals surface area contributed by atoms with Crippen LogP contribution >= 0.6 is 22.6 Å². The molecule has 2 aromatic carbocycles. The van der Waals surface area contributed by atoms with E-state index in [0.717, 1.165) is 14.8 Å². The number of carbonyl (C=O) groups excluding carboxylic acids is 2. The smallest absolute Gasteiger partial charge is 0.255 e. The molecule has 0 bridgehead atoms. The fraction of sp³-hybridized carbons (Fsp3) is 0.263. The van der Waals surface area contributed by atoms with Crippen molar-refractivity contribution >= 4 is 40.1 Å². The van der Waals surface area contributed by atoms with Gasteiger partial charge in [0.2, 0.25) is 0 Å². The number of halogens is 1. The number of benzene rings is 2. The molecule has 0 saturated heterocycles. The minimum Gasteiger partial charge on any atom is -0.347 e. The molecule has 2 N–H and O–H groups in total. The van der Waals surface area contributed by atoms with Crippen LogP contribution in [0.2, 0.25) is 0 Å². The van der Waals surface area contributed by atoms with Gasteiger partial charge < -0.3 is 10.6 Å². The van der Waals surface area contributed by atoms with E-state index < -0.39 is 0 Å². The summed E-state index contributed by atoms with van der Waals surface area (Å²) >= 11 is 2.24. The lowest BCUT2D eigenvalue weighted by molar-refractivity contribution is 0.0918. The predicted octanol–water partition coefficient (Wildman–Crippen LogP) is 4.38. The van der Waals surface area contributed by atoms with E-state index in [1.165, 1.54) is 0 Å². The molecule has 0 aliphatic carbocycles. The monoisotopic (exact) mass is 436 g/mol. The quantitative estimate of drug-likeness (QED) is 0.702. The Morgan fingerprint density at radius 3 is 1.96 bits per heavy atom. The fourth-order valence-electron chi connectivity index (χ4n) is 2.15. The number of rotatable bonds is 3. The standard InChI is InChI=1S/C19H21IN2O2/c1-12-11-15(20)9-10-16(12)21-17(23)13-5-7-14(8-6-13)18(24)22-19(2,3)4/h5-11H,1-4H3,(H,21,23)(H,22,24). The highest BCUT2D eigenvalue weighted by atomic mass is 127. The summed E-state index contributed by atoms with van der Waals surface area (Å²) in [5.74, 6) is -0.343. The molecule has 0 spiro atoms. The largest absolute Gasteiger partial charge is 0.347 e. The normalized spacial score (nSPS) is 11.0. The summed E-state index contributed by atoms with van der Waals surface area (Å²) in [5, 5.41) is 5.79. The van der Waals surface area contributed by atoms with Crippen LogP contribution in [0.25, 0.3) is 0 Å². The van der Waals surface area contributed by atoms with Crippen LogP contribution in [-0.2, 0) is 0 Å². The molecule has 4 nitrogen and oxygen atoms in total. The lowest BCUT2D eigenvalue weighted by Gasteiger charge is -2.20. The molecule has 2 aromatic rings. The van der Waals surface area contributed by atoms with E-state index in [2.05, 4.69) is 33.2 Å². The average molecular weight is 436 g/mol. The Balaban J connectivity index is 2.10.